The topological polar surface area (TPSA) is 6.48 Å². The quantitative estimate of drug-likeness (QED) is 0.747. The Kier molecular flexibility index (Phi) is 5.90. The predicted octanol–water partition coefficient (Wildman–Crippen LogP) is 3.73. The van der Waals surface area contributed by atoms with E-state index >= 15 is 0 Å². The van der Waals surface area contributed by atoms with Crippen LogP contribution in [0.4, 0.5) is 5.69 Å². The van der Waals surface area contributed by atoms with Crippen LogP contribution in [0.2, 0.25) is 0 Å². The molecule has 0 saturated carbocycles. The minimum Gasteiger partial charge on any atom is -0.371 e. The fraction of sp³-hybridized carbons (Fsp3) is 0.667. The van der Waals surface area contributed by atoms with Crippen molar-refractivity contribution < 1.29 is 0 Å². The van der Waals surface area contributed by atoms with Crippen LogP contribution in [-0.2, 0) is 12.8 Å². The average molecular weight is 274 g/mol. The first-order valence-corrected chi connectivity index (χ1v) is 8.22. The first-order valence-electron chi connectivity index (χ1n) is 8.22. The number of anilines is 1. The van der Waals surface area contributed by atoms with Gasteiger partial charge in [-0.2, -0.15) is 0 Å². The summed E-state index contributed by atoms with van der Waals surface area (Å²) in [5.41, 5.74) is 4.60. The van der Waals surface area contributed by atoms with Crippen molar-refractivity contribution in [2.24, 2.45) is 0 Å². The Bertz CT molecular complexity index is 412. The molecule has 0 fully saturated rings. The van der Waals surface area contributed by atoms with Crippen LogP contribution in [-0.4, -0.2) is 38.6 Å². The molecule has 1 aliphatic heterocycles. The maximum absolute atomic E-state index is 2.59. The van der Waals surface area contributed by atoms with Crippen LogP contribution in [0.15, 0.2) is 18.2 Å². The Morgan fingerprint density at radius 3 is 2.80 bits per heavy atom. The van der Waals surface area contributed by atoms with Gasteiger partial charge in [0.15, 0.2) is 0 Å². The van der Waals surface area contributed by atoms with Crippen LogP contribution in [0.1, 0.15) is 43.7 Å². The number of aryl methyl sites for hydroxylation is 2. The zero-order chi connectivity index (χ0) is 14.4. The summed E-state index contributed by atoms with van der Waals surface area (Å²) in [6.07, 6.45) is 7.64. The predicted molar refractivity (Wildman–Crippen MR) is 88.8 cm³/mol. The summed E-state index contributed by atoms with van der Waals surface area (Å²) in [5.74, 6) is 0. The van der Waals surface area contributed by atoms with Gasteiger partial charge in [0.05, 0.1) is 0 Å². The number of unbranched alkanes of at least 4 members (excludes halogenated alkanes) is 1. The second-order valence-electron chi connectivity index (χ2n) is 6.31. The van der Waals surface area contributed by atoms with Crippen LogP contribution in [0, 0.1) is 0 Å². The van der Waals surface area contributed by atoms with Crippen LogP contribution in [0.5, 0.6) is 0 Å². The Morgan fingerprint density at radius 2 is 2.05 bits per heavy atom. The average Bonchev–Trinajstić information content (AvgIpc) is 2.44. The molecule has 2 heteroatoms. The number of benzene rings is 1. The smallest absolute Gasteiger partial charge is 0.0398 e. The van der Waals surface area contributed by atoms with E-state index in [1.165, 1.54) is 69.4 Å². The standard InChI is InChI=1S/C18H30N2/c1-4-5-13-20-14-7-9-17-15-16(10-11-18(17)20)8-6-12-19(2)3/h10-11,15H,4-9,12-14H2,1-3H3. The number of hydrogen-bond donors (Lipinski definition) is 0. The second-order valence-corrected chi connectivity index (χ2v) is 6.31. The van der Waals surface area contributed by atoms with Crippen LogP contribution < -0.4 is 4.90 Å². The molecule has 112 valence electrons. The second kappa shape index (κ2) is 7.68. The van der Waals surface area contributed by atoms with Gasteiger partial charge in [-0.05, 0) is 69.9 Å². The van der Waals surface area contributed by atoms with E-state index in [-0.39, 0.29) is 0 Å². The number of fused-ring (bicyclic) bond motifs is 1. The van der Waals surface area contributed by atoms with Gasteiger partial charge in [-0.15, -0.1) is 0 Å². The molecule has 1 heterocycles. The lowest BCUT2D eigenvalue weighted by Gasteiger charge is -2.31. The Morgan fingerprint density at radius 1 is 1.20 bits per heavy atom. The molecule has 0 aromatic heterocycles. The van der Waals surface area contributed by atoms with E-state index < -0.39 is 0 Å². The van der Waals surface area contributed by atoms with Gasteiger partial charge in [-0.1, -0.05) is 25.5 Å². The van der Waals surface area contributed by atoms with Crippen molar-refractivity contribution in [3.05, 3.63) is 29.3 Å². The molecule has 0 amide bonds. The molecule has 1 aromatic carbocycles. The molecular formula is C18H30N2. The zero-order valence-corrected chi connectivity index (χ0v) is 13.5. The maximum atomic E-state index is 2.59. The molecule has 1 aromatic rings. The van der Waals surface area contributed by atoms with Crippen LogP contribution in [0.3, 0.4) is 0 Å². The van der Waals surface area contributed by atoms with Gasteiger partial charge < -0.3 is 9.80 Å². The summed E-state index contributed by atoms with van der Waals surface area (Å²) in [6, 6.07) is 7.18. The van der Waals surface area contributed by atoms with Crippen LogP contribution >= 0.6 is 0 Å². The zero-order valence-electron chi connectivity index (χ0n) is 13.5. The van der Waals surface area contributed by atoms with E-state index in [0.717, 1.165) is 0 Å². The van der Waals surface area contributed by atoms with Crippen molar-refractivity contribution in [3.63, 3.8) is 0 Å². The lowest BCUT2D eigenvalue weighted by atomic mass is 9.97. The highest BCUT2D eigenvalue weighted by molar-refractivity contribution is 5.56. The molecule has 0 saturated heterocycles. The van der Waals surface area contributed by atoms with Crippen molar-refractivity contribution in [3.8, 4) is 0 Å². The highest BCUT2D eigenvalue weighted by Crippen LogP contribution is 2.28. The van der Waals surface area contributed by atoms with Crippen LogP contribution in [0.25, 0.3) is 0 Å². The Balaban J connectivity index is 1.99. The van der Waals surface area contributed by atoms with Crippen molar-refractivity contribution >= 4 is 5.69 Å². The maximum Gasteiger partial charge on any atom is 0.0398 e. The third kappa shape index (κ3) is 4.24. The molecule has 2 rings (SSSR count). The molecule has 0 atom stereocenters. The fourth-order valence-electron chi connectivity index (χ4n) is 3.06. The lowest BCUT2D eigenvalue weighted by molar-refractivity contribution is 0.400. The van der Waals surface area contributed by atoms with Gasteiger partial charge in [-0.25, -0.2) is 0 Å². The third-order valence-electron chi connectivity index (χ3n) is 4.21. The molecule has 0 aliphatic carbocycles. The monoisotopic (exact) mass is 274 g/mol. The van der Waals surface area contributed by atoms with Gasteiger partial charge in [0.25, 0.3) is 0 Å². The van der Waals surface area contributed by atoms with Crippen molar-refractivity contribution in [2.75, 3.05) is 38.6 Å². The number of hydrogen-bond acceptors (Lipinski definition) is 2. The molecular weight excluding hydrogens is 244 g/mol. The first kappa shape index (κ1) is 15.4. The summed E-state index contributed by atoms with van der Waals surface area (Å²) < 4.78 is 0. The van der Waals surface area contributed by atoms with Gasteiger partial charge in [0, 0.05) is 18.8 Å². The minimum absolute atomic E-state index is 1.18. The SMILES string of the molecule is CCCCN1CCCc2cc(CCCN(C)C)ccc21. The van der Waals surface area contributed by atoms with Gasteiger partial charge in [0.2, 0.25) is 0 Å². The third-order valence-corrected chi connectivity index (χ3v) is 4.21. The highest BCUT2D eigenvalue weighted by atomic mass is 15.1. The van der Waals surface area contributed by atoms with Gasteiger partial charge in [-0.3, -0.25) is 0 Å². The Labute approximate surface area is 124 Å². The number of nitrogens with zero attached hydrogens (tertiary/aromatic N) is 2. The number of rotatable bonds is 7. The van der Waals surface area contributed by atoms with E-state index in [1.807, 2.05) is 0 Å². The first-order chi connectivity index (χ1) is 9.70. The molecule has 0 bridgehead atoms. The lowest BCUT2D eigenvalue weighted by Crippen LogP contribution is -2.30. The van der Waals surface area contributed by atoms with Crippen molar-refractivity contribution in [1.82, 2.24) is 4.90 Å². The molecule has 0 unspecified atom stereocenters. The van der Waals surface area contributed by atoms with Crippen molar-refractivity contribution in [2.45, 2.75) is 45.4 Å². The Hall–Kier alpha value is -1.02. The van der Waals surface area contributed by atoms with E-state index in [4.69, 9.17) is 0 Å². The van der Waals surface area contributed by atoms with Gasteiger partial charge >= 0.3 is 0 Å². The summed E-state index contributed by atoms with van der Waals surface area (Å²) in [6.45, 7) is 5.93. The largest absolute Gasteiger partial charge is 0.371 e. The summed E-state index contributed by atoms with van der Waals surface area (Å²) >= 11 is 0. The van der Waals surface area contributed by atoms with E-state index in [9.17, 15) is 0 Å². The molecule has 2 nitrogen and oxygen atoms in total. The van der Waals surface area contributed by atoms with E-state index in [1.54, 1.807) is 5.56 Å². The van der Waals surface area contributed by atoms with Crippen molar-refractivity contribution in [1.29, 1.82) is 0 Å². The summed E-state index contributed by atoms with van der Waals surface area (Å²) in [7, 11) is 4.30. The summed E-state index contributed by atoms with van der Waals surface area (Å²) in [5, 5.41) is 0. The fourth-order valence-corrected chi connectivity index (χ4v) is 3.06. The van der Waals surface area contributed by atoms with Gasteiger partial charge in [0.1, 0.15) is 0 Å². The molecule has 20 heavy (non-hydrogen) atoms. The summed E-state index contributed by atoms with van der Waals surface area (Å²) in [4.78, 5) is 4.86. The molecule has 1 aliphatic rings. The normalized spacial score (nSPS) is 14.7. The minimum atomic E-state index is 1.18. The molecule has 0 N–H and O–H groups in total. The molecule has 0 spiro atoms. The van der Waals surface area contributed by atoms with E-state index in [2.05, 4.69) is 49.0 Å². The molecule has 0 radical (unpaired) electrons. The highest BCUT2D eigenvalue weighted by Gasteiger charge is 2.16. The van der Waals surface area contributed by atoms with E-state index in [0.29, 0.717) is 0 Å².